The molecular weight excluding hydrogens is 545 g/mol. The number of pyridine rings is 1. The number of halogens is 3. The molecule has 1 aromatic carbocycles. The van der Waals surface area contributed by atoms with E-state index in [9.17, 15) is 13.9 Å². The second kappa shape index (κ2) is 13.0. The van der Waals surface area contributed by atoms with Crippen molar-refractivity contribution in [3.63, 3.8) is 0 Å². The smallest absolute Gasteiger partial charge is 0.387 e. The first-order valence-electron chi connectivity index (χ1n) is 10.2. The van der Waals surface area contributed by atoms with Crippen LogP contribution in [0.25, 0.3) is 5.82 Å². The number of alkyl halides is 2. The molecule has 1 atom stereocenters. The van der Waals surface area contributed by atoms with Crippen LogP contribution in [0.4, 0.5) is 8.78 Å². The van der Waals surface area contributed by atoms with Gasteiger partial charge in [-0.25, -0.2) is 15.0 Å². The third-order valence-corrected chi connectivity index (χ3v) is 4.60. The lowest BCUT2D eigenvalue weighted by molar-refractivity contribution is -0.0498. The minimum absolute atomic E-state index is 0. The summed E-state index contributed by atoms with van der Waals surface area (Å²) in [6.07, 6.45) is 4.50. The van der Waals surface area contributed by atoms with E-state index in [1.807, 2.05) is 36.7 Å². The lowest BCUT2D eigenvalue weighted by Crippen LogP contribution is -2.39. The highest BCUT2D eigenvalue weighted by Gasteiger charge is 2.10. The van der Waals surface area contributed by atoms with Gasteiger partial charge in [0, 0.05) is 31.7 Å². The van der Waals surface area contributed by atoms with Gasteiger partial charge in [-0.3, -0.25) is 4.57 Å². The summed E-state index contributed by atoms with van der Waals surface area (Å²) in [7, 11) is 0. The molecule has 0 saturated carbocycles. The Morgan fingerprint density at radius 3 is 2.48 bits per heavy atom. The van der Waals surface area contributed by atoms with Crippen molar-refractivity contribution in [2.24, 2.45) is 4.99 Å². The zero-order chi connectivity index (χ0) is 22.9. The van der Waals surface area contributed by atoms with Crippen LogP contribution in [0.2, 0.25) is 0 Å². The van der Waals surface area contributed by atoms with Gasteiger partial charge in [0.1, 0.15) is 17.4 Å². The van der Waals surface area contributed by atoms with Gasteiger partial charge in [-0.05, 0) is 43.2 Å². The fraction of sp³-hybridized carbons (Fsp3) is 0.318. The monoisotopic (exact) mass is 572 g/mol. The van der Waals surface area contributed by atoms with Crippen LogP contribution in [0, 0.1) is 6.92 Å². The zero-order valence-corrected chi connectivity index (χ0v) is 20.6. The van der Waals surface area contributed by atoms with Gasteiger partial charge in [0.05, 0.1) is 12.6 Å². The fourth-order valence-corrected chi connectivity index (χ4v) is 2.97. The van der Waals surface area contributed by atoms with Crippen molar-refractivity contribution in [3.05, 3.63) is 71.9 Å². The Bertz CT molecular complexity index is 1010. The number of benzene rings is 1. The number of rotatable bonds is 9. The average molecular weight is 572 g/mol. The minimum Gasteiger partial charge on any atom is -0.435 e. The van der Waals surface area contributed by atoms with Crippen molar-refractivity contribution in [2.45, 2.75) is 33.1 Å². The molecule has 0 saturated heterocycles. The maximum absolute atomic E-state index is 12.2. The average Bonchev–Trinajstić information content (AvgIpc) is 3.21. The molecule has 1 unspecified atom stereocenters. The second-order valence-corrected chi connectivity index (χ2v) is 6.91. The van der Waals surface area contributed by atoms with Crippen LogP contribution in [0.5, 0.6) is 5.75 Å². The van der Waals surface area contributed by atoms with E-state index < -0.39 is 12.7 Å². The highest BCUT2D eigenvalue weighted by Crippen LogP contribution is 2.19. The summed E-state index contributed by atoms with van der Waals surface area (Å²) in [5.41, 5.74) is 1.50. The Labute approximate surface area is 208 Å². The number of nitrogens with zero attached hydrogens (tertiary/aromatic N) is 4. The summed E-state index contributed by atoms with van der Waals surface area (Å²) in [5.74, 6) is 2.22. The molecule has 8 nitrogen and oxygen atoms in total. The molecule has 0 aliphatic rings. The highest BCUT2D eigenvalue weighted by molar-refractivity contribution is 14.0. The number of aliphatic hydroxyl groups excluding tert-OH is 1. The summed E-state index contributed by atoms with van der Waals surface area (Å²) in [6.45, 7) is 2.22. The van der Waals surface area contributed by atoms with Gasteiger partial charge in [-0.15, -0.1) is 24.0 Å². The number of ether oxygens (including phenoxy) is 1. The summed E-state index contributed by atoms with van der Waals surface area (Å²) in [6, 6.07) is 9.74. The molecule has 3 aromatic rings. The maximum Gasteiger partial charge on any atom is 0.387 e. The third kappa shape index (κ3) is 7.93. The molecular formula is C22H27F2IN6O2. The third-order valence-electron chi connectivity index (χ3n) is 4.60. The lowest BCUT2D eigenvalue weighted by Gasteiger charge is -2.16. The quantitative estimate of drug-likeness (QED) is 0.206. The van der Waals surface area contributed by atoms with E-state index in [1.54, 1.807) is 24.5 Å². The largest absolute Gasteiger partial charge is 0.435 e. The van der Waals surface area contributed by atoms with E-state index in [4.69, 9.17) is 0 Å². The number of aliphatic hydroxyl groups is 1. The number of imidazole rings is 1. The Kier molecular flexibility index (Phi) is 10.5. The molecule has 0 fully saturated rings. The van der Waals surface area contributed by atoms with E-state index in [2.05, 4.69) is 30.3 Å². The van der Waals surface area contributed by atoms with Crippen LogP contribution >= 0.6 is 24.0 Å². The fourth-order valence-electron chi connectivity index (χ4n) is 2.97. The molecule has 3 N–H and O–H groups in total. The molecule has 0 amide bonds. The van der Waals surface area contributed by atoms with Crippen LogP contribution in [0.15, 0.2) is 60.0 Å². The molecule has 0 aliphatic carbocycles. The number of hydrogen-bond acceptors (Lipinski definition) is 5. The maximum atomic E-state index is 12.2. The minimum atomic E-state index is -2.88. The lowest BCUT2D eigenvalue weighted by atomic mass is 10.1. The molecule has 0 radical (unpaired) electrons. The number of nitrogens with one attached hydrogen (secondary N) is 2. The van der Waals surface area contributed by atoms with E-state index >= 15 is 0 Å². The van der Waals surface area contributed by atoms with Gasteiger partial charge in [0.2, 0.25) is 0 Å². The molecule has 0 spiro atoms. The molecule has 33 heavy (non-hydrogen) atoms. The molecule has 11 heteroatoms. The topological polar surface area (TPSA) is 96.6 Å². The SMILES string of the molecule is CCNC(=NCc1ccc(-n2ccnc2C)nc1)NCC(O)c1ccc(OC(F)F)cc1.I. The number of guanidine groups is 1. The van der Waals surface area contributed by atoms with Crippen molar-refractivity contribution in [1.29, 1.82) is 0 Å². The molecule has 0 bridgehead atoms. The Balaban J connectivity index is 0.00000385. The molecule has 3 rings (SSSR count). The van der Waals surface area contributed by atoms with Gasteiger partial charge >= 0.3 is 6.61 Å². The summed E-state index contributed by atoms with van der Waals surface area (Å²) in [5, 5.41) is 16.6. The van der Waals surface area contributed by atoms with Crippen molar-refractivity contribution in [2.75, 3.05) is 13.1 Å². The zero-order valence-electron chi connectivity index (χ0n) is 18.3. The Morgan fingerprint density at radius 2 is 1.91 bits per heavy atom. The predicted octanol–water partition coefficient (Wildman–Crippen LogP) is 3.58. The molecule has 2 heterocycles. The Morgan fingerprint density at radius 1 is 1.15 bits per heavy atom. The van der Waals surface area contributed by atoms with E-state index in [1.165, 1.54) is 12.1 Å². The highest BCUT2D eigenvalue weighted by atomic mass is 127. The van der Waals surface area contributed by atoms with E-state index in [-0.39, 0.29) is 36.3 Å². The summed E-state index contributed by atoms with van der Waals surface area (Å²) < 4.78 is 30.7. The normalized spacial score (nSPS) is 12.2. The Hall–Kier alpha value is -2.80. The van der Waals surface area contributed by atoms with Crippen LogP contribution in [0.1, 0.15) is 30.0 Å². The molecule has 178 valence electrons. The van der Waals surface area contributed by atoms with Crippen molar-refractivity contribution in [1.82, 2.24) is 25.2 Å². The summed E-state index contributed by atoms with van der Waals surface area (Å²) in [4.78, 5) is 13.2. The number of aromatic nitrogens is 3. The second-order valence-electron chi connectivity index (χ2n) is 6.91. The first-order chi connectivity index (χ1) is 15.5. The van der Waals surface area contributed by atoms with Crippen LogP contribution in [-0.2, 0) is 6.54 Å². The van der Waals surface area contributed by atoms with Crippen LogP contribution < -0.4 is 15.4 Å². The first kappa shape index (κ1) is 26.5. The van der Waals surface area contributed by atoms with Crippen molar-refractivity contribution >= 4 is 29.9 Å². The van der Waals surface area contributed by atoms with E-state index in [0.717, 1.165) is 17.2 Å². The predicted molar refractivity (Wildman–Crippen MR) is 132 cm³/mol. The number of aliphatic imine (C=N–C) groups is 1. The van der Waals surface area contributed by atoms with Gasteiger partial charge in [0.15, 0.2) is 5.96 Å². The number of hydrogen-bond donors (Lipinski definition) is 3. The van der Waals surface area contributed by atoms with Crippen LogP contribution in [-0.4, -0.2) is 45.3 Å². The summed E-state index contributed by atoms with van der Waals surface area (Å²) >= 11 is 0. The number of aryl methyl sites for hydroxylation is 1. The van der Waals surface area contributed by atoms with Crippen LogP contribution in [0.3, 0.4) is 0 Å². The van der Waals surface area contributed by atoms with Gasteiger partial charge in [0.25, 0.3) is 0 Å². The van der Waals surface area contributed by atoms with Crippen molar-refractivity contribution < 1.29 is 18.6 Å². The molecule has 0 aliphatic heterocycles. The van der Waals surface area contributed by atoms with Gasteiger partial charge in [-0.1, -0.05) is 18.2 Å². The first-order valence-corrected chi connectivity index (χ1v) is 10.2. The van der Waals surface area contributed by atoms with Gasteiger partial charge in [-0.2, -0.15) is 8.78 Å². The standard InChI is InChI=1S/C22H26F2N6O2.HI/c1-3-25-22(29-14-19(31)17-5-7-18(8-6-17)32-21(23)24)28-13-16-4-9-20(27-12-16)30-11-10-26-15(30)2;/h4-12,19,21,31H,3,13-14H2,1-2H3,(H2,25,28,29);1H. The van der Waals surface area contributed by atoms with Gasteiger partial charge < -0.3 is 20.5 Å². The molecule has 2 aromatic heterocycles. The van der Waals surface area contributed by atoms with Crippen molar-refractivity contribution in [3.8, 4) is 11.6 Å². The van der Waals surface area contributed by atoms with E-state index in [0.29, 0.717) is 24.6 Å².